The topological polar surface area (TPSA) is 29.5 Å². The van der Waals surface area contributed by atoms with Gasteiger partial charge in [-0.3, -0.25) is 0 Å². The van der Waals surface area contributed by atoms with E-state index in [-0.39, 0.29) is 5.41 Å². The van der Waals surface area contributed by atoms with Crippen LogP contribution in [0.15, 0.2) is 36.4 Å². The van der Waals surface area contributed by atoms with Crippen LogP contribution in [-0.2, 0) is 0 Å². The van der Waals surface area contributed by atoms with E-state index in [1.807, 2.05) is 24.3 Å². The first kappa shape index (κ1) is 11.2. The summed E-state index contributed by atoms with van der Waals surface area (Å²) in [6, 6.07) is 7.63. The van der Waals surface area contributed by atoms with Crippen LogP contribution in [-0.4, -0.2) is 12.2 Å². The van der Waals surface area contributed by atoms with Crippen LogP contribution in [0.5, 0.6) is 5.75 Å². The number of rotatable bonds is 3. The van der Waals surface area contributed by atoms with E-state index in [0.29, 0.717) is 0 Å². The molecule has 2 rings (SSSR count). The predicted molar refractivity (Wildman–Crippen MR) is 64.4 cm³/mol. The largest absolute Gasteiger partial charge is 0.496 e. The first-order chi connectivity index (χ1) is 7.59. The molecule has 1 aliphatic carbocycles. The highest BCUT2D eigenvalue weighted by Crippen LogP contribution is 2.54. The molecule has 0 aliphatic heterocycles. The molecule has 0 aromatic heterocycles. The summed E-state index contributed by atoms with van der Waals surface area (Å²) in [5.41, 5.74) is 1.80. The molecule has 86 valence electrons. The number of hydrogen-bond acceptors (Lipinski definition) is 2. The molecule has 0 saturated heterocycles. The summed E-state index contributed by atoms with van der Waals surface area (Å²) < 4.78 is 5.28. The van der Waals surface area contributed by atoms with Gasteiger partial charge in [-0.25, -0.2) is 0 Å². The third-order valence-corrected chi connectivity index (χ3v) is 3.79. The molecular weight excluding hydrogens is 200 g/mol. The van der Waals surface area contributed by atoms with Crippen LogP contribution in [0.3, 0.4) is 0 Å². The minimum absolute atomic E-state index is 0.186. The van der Waals surface area contributed by atoms with E-state index in [0.717, 1.165) is 29.7 Å². The van der Waals surface area contributed by atoms with E-state index in [1.165, 1.54) is 0 Å². The molecule has 1 fully saturated rings. The number of benzene rings is 1. The summed E-state index contributed by atoms with van der Waals surface area (Å²) in [5.74, 6) is 0.746. The van der Waals surface area contributed by atoms with Crippen molar-refractivity contribution in [1.82, 2.24) is 0 Å². The van der Waals surface area contributed by atoms with Gasteiger partial charge in [-0.2, -0.15) is 0 Å². The summed E-state index contributed by atoms with van der Waals surface area (Å²) in [5, 5.41) is 10.4. The lowest BCUT2D eigenvalue weighted by Gasteiger charge is -2.45. The van der Waals surface area contributed by atoms with Crippen LogP contribution >= 0.6 is 0 Å². The monoisotopic (exact) mass is 218 g/mol. The summed E-state index contributed by atoms with van der Waals surface area (Å²) in [6.07, 6.45) is 1.48. The SMILES string of the molecule is C=C1CCC1(C)C(O)c1ccccc1OC. The molecule has 0 amide bonds. The number of aliphatic hydroxyl groups is 1. The van der Waals surface area contributed by atoms with Crippen molar-refractivity contribution in [2.75, 3.05) is 7.11 Å². The zero-order valence-corrected chi connectivity index (χ0v) is 9.86. The maximum atomic E-state index is 10.4. The lowest BCUT2D eigenvalue weighted by atomic mass is 9.62. The molecule has 0 spiro atoms. The van der Waals surface area contributed by atoms with Gasteiger partial charge < -0.3 is 9.84 Å². The third kappa shape index (κ3) is 1.54. The number of para-hydroxylation sites is 1. The smallest absolute Gasteiger partial charge is 0.124 e. The van der Waals surface area contributed by atoms with Gasteiger partial charge in [-0.05, 0) is 18.9 Å². The van der Waals surface area contributed by atoms with Crippen molar-refractivity contribution in [3.05, 3.63) is 42.0 Å². The van der Waals surface area contributed by atoms with Crippen molar-refractivity contribution in [1.29, 1.82) is 0 Å². The minimum atomic E-state index is -0.523. The molecule has 1 aliphatic rings. The lowest BCUT2D eigenvalue weighted by Crippen LogP contribution is -2.35. The Labute approximate surface area is 96.6 Å². The lowest BCUT2D eigenvalue weighted by molar-refractivity contribution is 0.0245. The maximum Gasteiger partial charge on any atom is 0.124 e. The summed E-state index contributed by atoms with van der Waals surface area (Å²) in [4.78, 5) is 0. The zero-order valence-electron chi connectivity index (χ0n) is 9.86. The highest BCUT2D eigenvalue weighted by molar-refractivity contribution is 5.39. The second kappa shape index (κ2) is 3.95. The predicted octanol–water partition coefficient (Wildman–Crippen LogP) is 3.08. The van der Waals surface area contributed by atoms with Crippen LogP contribution in [0, 0.1) is 5.41 Å². The molecule has 2 unspecified atom stereocenters. The van der Waals surface area contributed by atoms with Gasteiger partial charge in [-0.15, -0.1) is 0 Å². The minimum Gasteiger partial charge on any atom is -0.496 e. The van der Waals surface area contributed by atoms with Gasteiger partial charge in [0, 0.05) is 11.0 Å². The summed E-state index contributed by atoms with van der Waals surface area (Å²) in [6.45, 7) is 6.08. The molecule has 1 N–H and O–H groups in total. The average molecular weight is 218 g/mol. The average Bonchev–Trinajstić information content (AvgIpc) is 2.34. The zero-order chi connectivity index (χ0) is 11.8. The Bertz CT molecular complexity index is 411. The van der Waals surface area contributed by atoms with E-state index >= 15 is 0 Å². The van der Waals surface area contributed by atoms with E-state index in [9.17, 15) is 5.11 Å². The standard InChI is InChI=1S/C14H18O2/c1-10-8-9-14(10,2)13(15)11-6-4-5-7-12(11)16-3/h4-7,13,15H,1,8-9H2,2-3H3. The van der Waals surface area contributed by atoms with Crippen LogP contribution in [0.2, 0.25) is 0 Å². The molecule has 2 atom stereocenters. The van der Waals surface area contributed by atoms with Crippen LogP contribution in [0.1, 0.15) is 31.4 Å². The first-order valence-electron chi connectivity index (χ1n) is 5.59. The molecule has 1 saturated carbocycles. The van der Waals surface area contributed by atoms with Gasteiger partial charge in [-0.1, -0.05) is 37.3 Å². The van der Waals surface area contributed by atoms with Gasteiger partial charge in [0.1, 0.15) is 5.75 Å². The van der Waals surface area contributed by atoms with E-state index in [1.54, 1.807) is 7.11 Å². The van der Waals surface area contributed by atoms with Crippen molar-refractivity contribution in [2.24, 2.45) is 5.41 Å². The molecule has 16 heavy (non-hydrogen) atoms. The third-order valence-electron chi connectivity index (χ3n) is 3.79. The fraction of sp³-hybridized carbons (Fsp3) is 0.429. The Kier molecular flexibility index (Phi) is 2.76. The molecule has 1 aromatic rings. The molecule has 0 radical (unpaired) electrons. The highest BCUT2D eigenvalue weighted by atomic mass is 16.5. The van der Waals surface area contributed by atoms with Crippen molar-refractivity contribution in [3.63, 3.8) is 0 Å². The van der Waals surface area contributed by atoms with Gasteiger partial charge in [0.25, 0.3) is 0 Å². The number of aliphatic hydroxyl groups excluding tert-OH is 1. The highest BCUT2D eigenvalue weighted by Gasteiger charge is 2.43. The van der Waals surface area contributed by atoms with Gasteiger partial charge in [0.2, 0.25) is 0 Å². The molecule has 2 nitrogen and oxygen atoms in total. The molecule has 1 aromatic carbocycles. The quantitative estimate of drug-likeness (QED) is 0.790. The number of ether oxygens (including phenoxy) is 1. The maximum absolute atomic E-state index is 10.4. The fourth-order valence-corrected chi connectivity index (χ4v) is 2.26. The second-order valence-corrected chi connectivity index (χ2v) is 4.67. The summed E-state index contributed by atoms with van der Waals surface area (Å²) in [7, 11) is 1.63. The van der Waals surface area contributed by atoms with Crippen molar-refractivity contribution < 1.29 is 9.84 Å². The van der Waals surface area contributed by atoms with Crippen LogP contribution in [0.25, 0.3) is 0 Å². The fourth-order valence-electron chi connectivity index (χ4n) is 2.26. The van der Waals surface area contributed by atoms with Crippen molar-refractivity contribution in [2.45, 2.75) is 25.9 Å². The van der Waals surface area contributed by atoms with E-state index < -0.39 is 6.10 Å². The normalized spacial score (nSPS) is 26.1. The van der Waals surface area contributed by atoms with Gasteiger partial charge in [0.15, 0.2) is 0 Å². The summed E-state index contributed by atoms with van der Waals surface area (Å²) >= 11 is 0. The van der Waals surface area contributed by atoms with Crippen molar-refractivity contribution >= 4 is 0 Å². The Morgan fingerprint density at radius 2 is 2.12 bits per heavy atom. The number of hydrogen-bond donors (Lipinski definition) is 1. The van der Waals surface area contributed by atoms with Crippen molar-refractivity contribution in [3.8, 4) is 5.75 Å². The molecular formula is C14H18O2. The Morgan fingerprint density at radius 3 is 2.62 bits per heavy atom. The first-order valence-corrected chi connectivity index (χ1v) is 5.59. The van der Waals surface area contributed by atoms with Gasteiger partial charge >= 0.3 is 0 Å². The van der Waals surface area contributed by atoms with Crippen LogP contribution in [0.4, 0.5) is 0 Å². The Morgan fingerprint density at radius 1 is 1.44 bits per heavy atom. The van der Waals surface area contributed by atoms with Crippen LogP contribution < -0.4 is 4.74 Å². The Balaban J connectivity index is 2.33. The molecule has 2 heteroatoms. The van der Waals surface area contributed by atoms with E-state index in [4.69, 9.17) is 4.74 Å². The van der Waals surface area contributed by atoms with Gasteiger partial charge in [0.05, 0.1) is 13.2 Å². The molecule has 0 heterocycles. The Hall–Kier alpha value is -1.28. The number of methoxy groups -OCH3 is 1. The second-order valence-electron chi connectivity index (χ2n) is 4.67. The molecule has 0 bridgehead atoms. The van der Waals surface area contributed by atoms with E-state index in [2.05, 4.69) is 13.5 Å².